The van der Waals surface area contributed by atoms with Gasteiger partial charge in [-0.15, -0.1) is 0 Å². The first kappa shape index (κ1) is 13.2. The minimum absolute atomic E-state index is 0.306. The Morgan fingerprint density at radius 3 is 2.89 bits per heavy atom. The highest BCUT2D eigenvalue weighted by atomic mass is 79.9. The van der Waals surface area contributed by atoms with Gasteiger partial charge in [0.05, 0.1) is 12.5 Å². The maximum atomic E-state index is 13.2. The van der Waals surface area contributed by atoms with E-state index < -0.39 is 6.10 Å². The van der Waals surface area contributed by atoms with Crippen molar-refractivity contribution in [1.82, 2.24) is 10.1 Å². The molecular formula is C12H12BrFN2O2. The van der Waals surface area contributed by atoms with Crippen molar-refractivity contribution in [2.24, 2.45) is 0 Å². The zero-order chi connectivity index (χ0) is 13.1. The number of aliphatic hydroxyl groups excluding tert-OH is 1. The first-order valence-corrected chi connectivity index (χ1v) is 6.35. The van der Waals surface area contributed by atoms with Crippen LogP contribution in [0.1, 0.15) is 19.2 Å². The van der Waals surface area contributed by atoms with Gasteiger partial charge in [0, 0.05) is 10.0 Å². The Morgan fingerprint density at radius 1 is 1.44 bits per heavy atom. The number of aliphatic hydroxyl groups is 1. The predicted octanol–water partition coefficient (Wildman–Crippen LogP) is 2.95. The van der Waals surface area contributed by atoms with E-state index in [0.717, 1.165) is 0 Å². The summed E-state index contributed by atoms with van der Waals surface area (Å²) >= 11 is 3.20. The van der Waals surface area contributed by atoms with Crippen LogP contribution >= 0.6 is 15.9 Å². The van der Waals surface area contributed by atoms with E-state index in [1.807, 2.05) is 6.92 Å². The fraction of sp³-hybridized carbons (Fsp3) is 0.333. The van der Waals surface area contributed by atoms with Crippen LogP contribution in [0.25, 0.3) is 11.4 Å². The van der Waals surface area contributed by atoms with Gasteiger partial charge >= 0.3 is 0 Å². The fourth-order valence-corrected chi connectivity index (χ4v) is 1.95. The van der Waals surface area contributed by atoms with Gasteiger partial charge in [-0.05, 0) is 24.6 Å². The lowest BCUT2D eigenvalue weighted by Crippen LogP contribution is -2.08. The van der Waals surface area contributed by atoms with Crippen molar-refractivity contribution in [2.45, 2.75) is 25.9 Å². The van der Waals surface area contributed by atoms with Gasteiger partial charge in [-0.2, -0.15) is 4.98 Å². The Morgan fingerprint density at radius 2 is 2.22 bits per heavy atom. The SMILES string of the molecule is CCC(O)Cc1nc(-c2cc(F)cc(Br)c2)no1. The molecule has 0 saturated carbocycles. The normalized spacial score (nSPS) is 12.7. The second kappa shape index (κ2) is 5.58. The maximum Gasteiger partial charge on any atom is 0.229 e. The molecule has 6 heteroatoms. The molecule has 0 amide bonds. The molecule has 96 valence electrons. The van der Waals surface area contributed by atoms with Crippen LogP contribution in [0.5, 0.6) is 0 Å². The van der Waals surface area contributed by atoms with Crippen LogP contribution in [0.15, 0.2) is 27.2 Å². The Hall–Kier alpha value is -1.27. The lowest BCUT2D eigenvalue weighted by atomic mass is 10.2. The van der Waals surface area contributed by atoms with Gasteiger partial charge in [0.2, 0.25) is 11.7 Å². The van der Waals surface area contributed by atoms with Gasteiger partial charge in [-0.1, -0.05) is 28.0 Å². The molecule has 1 N–H and O–H groups in total. The third-order valence-corrected chi connectivity index (χ3v) is 2.93. The van der Waals surface area contributed by atoms with E-state index in [9.17, 15) is 9.50 Å². The Labute approximate surface area is 112 Å². The number of halogens is 2. The molecule has 0 aliphatic rings. The minimum atomic E-state index is -0.502. The molecule has 2 rings (SSSR count). The highest BCUT2D eigenvalue weighted by Crippen LogP contribution is 2.22. The average molecular weight is 315 g/mol. The van der Waals surface area contributed by atoms with E-state index in [2.05, 4.69) is 26.1 Å². The summed E-state index contributed by atoms with van der Waals surface area (Å²) in [6.07, 6.45) is 0.418. The molecule has 1 heterocycles. The molecule has 0 spiro atoms. The predicted molar refractivity (Wildman–Crippen MR) is 67.4 cm³/mol. The van der Waals surface area contributed by atoms with Crippen molar-refractivity contribution in [3.8, 4) is 11.4 Å². The molecule has 0 aliphatic heterocycles. The van der Waals surface area contributed by atoms with E-state index in [-0.39, 0.29) is 5.82 Å². The smallest absolute Gasteiger partial charge is 0.229 e. The fourth-order valence-electron chi connectivity index (χ4n) is 1.48. The second-order valence-corrected chi connectivity index (χ2v) is 4.85. The molecule has 1 unspecified atom stereocenters. The van der Waals surface area contributed by atoms with Gasteiger partial charge in [0.1, 0.15) is 5.82 Å². The average Bonchev–Trinajstić information content (AvgIpc) is 2.76. The van der Waals surface area contributed by atoms with Crippen LogP contribution in [-0.2, 0) is 6.42 Å². The third kappa shape index (κ3) is 3.14. The van der Waals surface area contributed by atoms with Crippen molar-refractivity contribution < 1.29 is 14.0 Å². The number of aromatic nitrogens is 2. The molecule has 1 aromatic carbocycles. The summed E-state index contributed by atoms with van der Waals surface area (Å²) < 4.78 is 18.9. The van der Waals surface area contributed by atoms with Crippen molar-refractivity contribution in [2.75, 3.05) is 0 Å². The Balaban J connectivity index is 2.23. The number of benzene rings is 1. The highest BCUT2D eigenvalue weighted by molar-refractivity contribution is 9.10. The van der Waals surface area contributed by atoms with Crippen LogP contribution in [0.2, 0.25) is 0 Å². The monoisotopic (exact) mass is 314 g/mol. The minimum Gasteiger partial charge on any atom is -0.393 e. The molecular weight excluding hydrogens is 303 g/mol. The van der Waals surface area contributed by atoms with Crippen molar-refractivity contribution in [1.29, 1.82) is 0 Å². The first-order chi connectivity index (χ1) is 8.58. The summed E-state index contributed by atoms with van der Waals surface area (Å²) in [5, 5.41) is 13.3. The van der Waals surface area contributed by atoms with Crippen LogP contribution < -0.4 is 0 Å². The molecule has 0 bridgehead atoms. The number of hydrogen-bond acceptors (Lipinski definition) is 4. The maximum absolute atomic E-state index is 13.2. The molecule has 2 aromatic rings. The molecule has 1 atom stereocenters. The lowest BCUT2D eigenvalue weighted by Gasteiger charge is -2.01. The van der Waals surface area contributed by atoms with Gasteiger partial charge < -0.3 is 9.63 Å². The van der Waals surface area contributed by atoms with E-state index in [0.29, 0.717) is 34.6 Å². The van der Waals surface area contributed by atoms with Gasteiger partial charge in [0.15, 0.2) is 0 Å². The number of hydrogen-bond donors (Lipinski definition) is 1. The molecule has 0 radical (unpaired) electrons. The van der Waals surface area contributed by atoms with Crippen LogP contribution in [-0.4, -0.2) is 21.4 Å². The van der Waals surface area contributed by atoms with E-state index in [1.165, 1.54) is 12.1 Å². The van der Waals surface area contributed by atoms with Crippen LogP contribution in [0, 0.1) is 5.82 Å². The van der Waals surface area contributed by atoms with Crippen LogP contribution in [0.3, 0.4) is 0 Å². The zero-order valence-corrected chi connectivity index (χ0v) is 11.3. The quantitative estimate of drug-likeness (QED) is 0.942. The topological polar surface area (TPSA) is 59.2 Å². The summed E-state index contributed by atoms with van der Waals surface area (Å²) in [5.74, 6) is 0.285. The standard InChI is InChI=1S/C12H12BrFN2O2/c1-2-10(17)6-11-15-12(16-18-11)7-3-8(13)5-9(14)4-7/h3-5,10,17H,2,6H2,1H3. The largest absolute Gasteiger partial charge is 0.393 e. The summed E-state index contributed by atoms with van der Waals surface area (Å²) in [5.41, 5.74) is 0.530. The lowest BCUT2D eigenvalue weighted by molar-refractivity contribution is 0.158. The van der Waals surface area contributed by atoms with Crippen molar-refractivity contribution >= 4 is 15.9 Å². The molecule has 1 aromatic heterocycles. The Bertz CT molecular complexity index is 524. The number of nitrogens with zero attached hydrogens (tertiary/aromatic N) is 2. The van der Waals surface area contributed by atoms with E-state index >= 15 is 0 Å². The van der Waals surface area contributed by atoms with Gasteiger partial charge in [-0.3, -0.25) is 0 Å². The van der Waals surface area contributed by atoms with Crippen molar-refractivity contribution in [3.05, 3.63) is 34.4 Å². The first-order valence-electron chi connectivity index (χ1n) is 5.55. The third-order valence-electron chi connectivity index (χ3n) is 2.47. The Kier molecular flexibility index (Phi) is 4.08. The molecule has 0 saturated heterocycles. The second-order valence-electron chi connectivity index (χ2n) is 3.94. The highest BCUT2D eigenvalue weighted by Gasteiger charge is 2.13. The summed E-state index contributed by atoms with van der Waals surface area (Å²) in [7, 11) is 0. The molecule has 0 fully saturated rings. The summed E-state index contributed by atoms with van der Waals surface area (Å²) in [6.45, 7) is 1.87. The summed E-state index contributed by atoms with van der Waals surface area (Å²) in [4.78, 5) is 4.13. The van der Waals surface area contributed by atoms with E-state index in [4.69, 9.17) is 4.52 Å². The number of rotatable bonds is 4. The van der Waals surface area contributed by atoms with Gasteiger partial charge in [0.25, 0.3) is 0 Å². The molecule has 0 aliphatic carbocycles. The molecule has 18 heavy (non-hydrogen) atoms. The van der Waals surface area contributed by atoms with Gasteiger partial charge in [-0.25, -0.2) is 4.39 Å². The summed E-state index contributed by atoms with van der Waals surface area (Å²) in [6, 6.07) is 4.38. The molecule has 4 nitrogen and oxygen atoms in total. The van der Waals surface area contributed by atoms with Crippen LogP contribution in [0.4, 0.5) is 4.39 Å². The van der Waals surface area contributed by atoms with Crippen molar-refractivity contribution in [3.63, 3.8) is 0 Å². The zero-order valence-electron chi connectivity index (χ0n) is 9.73. The van der Waals surface area contributed by atoms with E-state index in [1.54, 1.807) is 6.07 Å².